The molecule has 154 valence electrons. The van der Waals surface area contributed by atoms with Gasteiger partial charge in [-0.05, 0) is 38.7 Å². The SMILES string of the molecule is COc1ccc(C(CNC(=O)c2c(C(C)(C)C)noc2C)N(C)C)cc1OC. The fourth-order valence-electron chi connectivity index (χ4n) is 3.09. The van der Waals surface area contributed by atoms with E-state index < -0.39 is 0 Å². The molecule has 1 heterocycles. The average Bonchev–Trinajstić information content (AvgIpc) is 3.03. The van der Waals surface area contributed by atoms with E-state index in [0.717, 1.165) is 5.56 Å². The Balaban J connectivity index is 2.24. The Hall–Kier alpha value is -2.54. The third-order valence-corrected chi connectivity index (χ3v) is 4.67. The van der Waals surface area contributed by atoms with Crippen LogP contribution in [0.1, 0.15) is 54.2 Å². The first-order chi connectivity index (χ1) is 13.1. The van der Waals surface area contributed by atoms with Gasteiger partial charge in [-0.2, -0.15) is 0 Å². The minimum absolute atomic E-state index is 0.0398. The number of rotatable bonds is 7. The molecule has 0 bridgehead atoms. The molecule has 1 amide bonds. The number of carbonyl (C=O) groups excluding carboxylic acids is 1. The number of nitrogens with one attached hydrogen (secondary N) is 1. The molecule has 0 saturated carbocycles. The zero-order chi connectivity index (χ0) is 21.1. The van der Waals surface area contributed by atoms with E-state index in [9.17, 15) is 4.79 Å². The summed E-state index contributed by atoms with van der Waals surface area (Å²) >= 11 is 0. The fraction of sp³-hybridized carbons (Fsp3) is 0.524. The van der Waals surface area contributed by atoms with Crippen molar-refractivity contribution in [2.75, 3.05) is 34.9 Å². The molecule has 0 aliphatic rings. The number of amides is 1. The second-order valence-corrected chi connectivity index (χ2v) is 8.02. The van der Waals surface area contributed by atoms with Gasteiger partial charge in [0.1, 0.15) is 17.0 Å². The van der Waals surface area contributed by atoms with Gasteiger partial charge >= 0.3 is 0 Å². The van der Waals surface area contributed by atoms with Crippen molar-refractivity contribution in [1.82, 2.24) is 15.4 Å². The van der Waals surface area contributed by atoms with Crippen LogP contribution in [0.4, 0.5) is 0 Å². The lowest BCUT2D eigenvalue weighted by Crippen LogP contribution is -2.35. The van der Waals surface area contributed by atoms with Gasteiger partial charge in [0, 0.05) is 12.0 Å². The Bertz CT molecular complexity index is 822. The molecule has 1 atom stereocenters. The van der Waals surface area contributed by atoms with Gasteiger partial charge in [0.15, 0.2) is 11.5 Å². The summed E-state index contributed by atoms with van der Waals surface area (Å²) in [6.07, 6.45) is 0. The van der Waals surface area contributed by atoms with Crippen molar-refractivity contribution >= 4 is 5.91 Å². The van der Waals surface area contributed by atoms with Crippen molar-refractivity contribution in [2.24, 2.45) is 0 Å². The molecular weight excluding hydrogens is 358 g/mol. The molecule has 1 N–H and O–H groups in total. The van der Waals surface area contributed by atoms with E-state index in [1.807, 2.05) is 58.0 Å². The number of hydrogen-bond donors (Lipinski definition) is 1. The van der Waals surface area contributed by atoms with Crippen LogP contribution < -0.4 is 14.8 Å². The fourth-order valence-corrected chi connectivity index (χ4v) is 3.09. The van der Waals surface area contributed by atoms with Crippen LogP contribution in [0.25, 0.3) is 0 Å². The van der Waals surface area contributed by atoms with E-state index in [0.29, 0.717) is 35.1 Å². The summed E-state index contributed by atoms with van der Waals surface area (Å²) in [6, 6.07) is 5.74. The largest absolute Gasteiger partial charge is 0.493 e. The first-order valence-electron chi connectivity index (χ1n) is 9.23. The van der Waals surface area contributed by atoms with Gasteiger partial charge < -0.3 is 24.2 Å². The summed E-state index contributed by atoms with van der Waals surface area (Å²) in [5, 5.41) is 7.13. The molecule has 28 heavy (non-hydrogen) atoms. The van der Waals surface area contributed by atoms with E-state index >= 15 is 0 Å². The van der Waals surface area contributed by atoms with Crippen LogP contribution in [0, 0.1) is 6.92 Å². The van der Waals surface area contributed by atoms with Crippen LogP contribution in [0.15, 0.2) is 22.7 Å². The highest BCUT2D eigenvalue weighted by atomic mass is 16.5. The van der Waals surface area contributed by atoms with Gasteiger partial charge in [-0.25, -0.2) is 0 Å². The zero-order valence-electron chi connectivity index (χ0n) is 18.0. The van der Waals surface area contributed by atoms with Crippen LogP contribution in [-0.2, 0) is 5.41 Å². The number of hydrogen-bond acceptors (Lipinski definition) is 6. The van der Waals surface area contributed by atoms with E-state index in [2.05, 4.69) is 10.5 Å². The third kappa shape index (κ3) is 4.65. The molecular formula is C21H31N3O4. The number of aromatic nitrogens is 1. The van der Waals surface area contributed by atoms with Gasteiger partial charge in [-0.3, -0.25) is 4.79 Å². The Morgan fingerprint density at radius 2 is 1.86 bits per heavy atom. The summed E-state index contributed by atoms with van der Waals surface area (Å²) in [6.45, 7) is 8.21. The van der Waals surface area contributed by atoms with Crippen molar-refractivity contribution in [3.8, 4) is 11.5 Å². The summed E-state index contributed by atoms with van der Waals surface area (Å²) in [4.78, 5) is 14.9. The highest BCUT2D eigenvalue weighted by molar-refractivity contribution is 5.96. The molecule has 1 aromatic heterocycles. The number of benzene rings is 1. The number of nitrogens with zero attached hydrogens (tertiary/aromatic N) is 2. The lowest BCUT2D eigenvalue weighted by atomic mass is 9.88. The molecule has 0 aliphatic carbocycles. The first kappa shape index (κ1) is 21.8. The van der Waals surface area contributed by atoms with Crippen molar-refractivity contribution in [1.29, 1.82) is 0 Å². The maximum Gasteiger partial charge on any atom is 0.256 e. The molecule has 0 spiro atoms. The molecule has 0 radical (unpaired) electrons. The van der Waals surface area contributed by atoms with Crippen molar-refractivity contribution in [3.05, 3.63) is 40.8 Å². The van der Waals surface area contributed by atoms with Crippen molar-refractivity contribution in [3.63, 3.8) is 0 Å². The Kier molecular flexibility index (Phi) is 6.72. The van der Waals surface area contributed by atoms with Crippen LogP contribution in [-0.4, -0.2) is 50.8 Å². The second-order valence-electron chi connectivity index (χ2n) is 8.02. The number of aryl methyl sites for hydroxylation is 1. The minimum atomic E-state index is -0.283. The predicted octanol–water partition coefficient (Wildman–Crippen LogP) is 3.33. The summed E-state index contributed by atoms with van der Waals surface area (Å²) in [7, 11) is 7.16. The van der Waals surface area contributed by atoms with Crippen LogP contribution in [0.2, 0.25) is 0 Å². The van der Waals surface area contributed by atoms with Crippen LogP contribution >= 0.6 is 0 Å². The number of methoxy groups -OCH3 is 2. The van der Waals surface area contributed by atoms with Crippen LogP contribution in [0.3, 0.4) is 0 Å². The van der Waals surface area contributed by atoms with E-state index in [-0.39, 0.29) is 17.4 Å². The highest BCUT2D eigenvalue weighted by Crippen LogP contribution is 2.31. The van der Waals surface area contributed by atoms with Gasteiger partial charge in [0.05, 0.1) is 20.3 Å². The van der Waals surface area contributed by atoms with E-state index in [4.69, 9.17) is 14.0 Å². The van der Waals surface area contributed by atoms with Crippen molar-refractivity contribution < 1.29 is 18.8 Å². The number of ether oxygens (including phenoxy) is 2. The van der Waals surface area contributed by atoms with E-state index in [1.165, 1.54) is 0 Å². The molecule has 7 nitrogen and oxygen atoms in total. The monoisotopic (exact) mass is 389 g/mol. The van der Waals surface area contributed by atoms with Crippen molar-refractivity contribution in [2.45, 2.75) is 39.2 Å². The first-order valence-corrected chi connectivity index (χ1v) is 9.23. The summed E-state index contributed by atoms with van der Waals surface area (Å²) < 4.78 is 16.0. The molecule has 1 unspecified atom stereocenters. The smallest absolute Gasteiger partial charge is 0.256 e. The number of likely N-dealkylation sites (N-methyl/N-ethyl adjacent to an activating group) is 1. The van der Waals surface area contributed by atoms with Gasteiger partial charge in [0.2, 0.25) is 0 Å². The second kappa shape index (κ2) is 8.65. The standard InChI is InChI=1S/C21H31N3O4/c1-13-18(19(23-28-13)21(2,3)4)20(25)22-12-15(24(5)6)14-9-10-16(26-7)17(11-14)27-8/h9-11,15H,12H2,1-8H3,(H,22,25). The Morgan fingerprint density at radius 3 is 2.39 bits per heavy atom. The normalized spacial score (nSPS) is 12.8. The molecule has 2 rings (SSSR count). The Morgan fingerprint density at radius 1 is 1.21 bits per heavy atom. The minimum Gasteiger partial charge on any atom is -0.493 e. The van der Waals surface area contributed by atoms with E-state index in [1.54, 1.807) is 21.1 Å². The maximum absolute atomic E-state index is 12.9. The quantitative estimate of drug-likeness (QED) is 0.783. The lowest BCUT2D eigenvalue weighted by molar-refractivity contribution is 0.0938. The Labute approximate surface area is 167 Å². The molecule has 0 aliphatic heterocycles. The van der Waals surface area contributed by atoms with Gasteiger partial charge in [0.25, 0.3) is 5.91 Å². The summed E-state index contributed by atoms with van der Waals surface area (Å²) in [5.41, 5.74) is 1.91. The molecule has 1 aromatic carbocycles. The third-order valence-electron chi connectivity index (χ3n) is 4.67. The average molecular weight is 389 g/mol. The molecule has 7 heteroatoms. The number of carbonyl (C=O) groups is 1. The van der Waals surface area contributed by atoms with Gasteiger partial charge in [-0.1, -0.05) is 32.0 Å². The molecule has 0 saturated heterocycles. The van der Waals surface area contributed by atoms with Crippen LogP contribution in [0.5, 0.6) is 11.5 Å². The topological polar surface area (TPSA) is 76.8 Å². The zero-order valence-corrected chi connectivity index (χ0v) is 18.0. The predicted molar refractivity (Wildman–Crippen MR) is 108 cm³/mol. The lowest BCUT2D eigenvalue weighted by Gasteiger charge is -2.26. The molecule has 0 fully saturated rings. The molecule has 2 aromatic rings. The maximum atomic E-state index is 12.9. The van der Waals surface area contributed by atoms with Gasteiger partial charge in [-0.15, -0.1) is 0 Å². The highest BCUT2D eigenvalue weighted by Gasteiger charge is 2.29. The summed E-state index contributed by atoms with van der Waals surface area (Å²) in [5.74, 6) is 1.66.